The van der Waals surface area contributed by atoms with Crippen LogP contribution in [0.2, 0.25) is 0 Å². The Morgan fingerprint density at radius 3 is 2.45 bits per heavy atom. The number of nitrogens with zero attached hydrogens (tertiary/aromatic N) is 1. The van der Waals surface area contributed by atoms with Gasteiger partial charge in [0, 0.05) is 29.6 Å². The van der Waals surface area contributed by atoms with Gasteiger partial charge in [-0.1, -0.05) is 0 Å². The van der Waals surface area contributed by atoms with Gasteiger partial charge in [-0.2, -0.15) is 0 Å². The first-order valence-corrected chi connectivity index (χ1v) is 8.73. The molecule has 2 atom stereocenters. The van der Waals surface area contributed by atoms with Gasteiger partial charge in [-0.15, -0.1) is 8.78 Å². The van der Waals surface area contributed by atoms with Gasteiger partial charge in [0.1, 0.15) is 5.75 Å². The minimum Gasteiger partial charge on any atom is -0.420 e. The lowest BCUT2D eigenvalue weighted by Gasteiger charge is -2.23. The molecule has 2 saturated heterocycles. The number of sulfone groups is 1. The minimum absolute atomic E-state index is 0.0135. The zero-order valence-corrected chi connectivity index (χ0v) is 12.8. The van der Waals surface area contributed by atoms with Crippen LogP contribution in [0.5, 0.6) is 5.75 Å². The normalized spacial score (nSPS) is 27.0. The molecule has 1 aromatic rings. The average molecular weight is 352 g/mol. The van der Waals surface area contributed by atoms with Crippen LogP contribution in [0.15, 0.2) is 24.3 Å². The molecule has 120 valence electrons. The highest BCUT2D eigenvalue weighted by molar-refractivity contribution is 7.91. The van der Waals surface area contributed by atoms with Crippen molar-refractivity contribution in [1.82, 2.24) is 0 Å². The lowest BCUT2D eigenvalue weighted by molar-refractivity contribution is -0.117. The predicted molar refractivity (Wildman–Crippen MR) is 75.9 cm³/mol. The fourth-order valence-electron chi connectivity index (χ4n) is 3.03. The molecule has 0 bridgehead atoms. The Balaban J connectivity index is 1.83. The molecule has 0 N–H and O–H groups in total. The van der Waals surface area contributed by atoms with Crippen molar-refractivity contribution in [2.45, 2.75) is 18.0 Å². The maximum atomic E-state index is 12.5. The second kappa shape index (κ2) is 5.06. The van der Waals surface area contributed by atoms with E-state index in [9.17, 15) is 22.0 Å². The smallest absolute Gasteiger partial charge is 0.420 e. The number of fused-ring (bicyclic) bond motifs is 1. The van der Waals surface area contributed by atoms with Gasteiger partial charge in [-0.05, 0) is 24.3 Å². The van der Waals surface area contributed by atoms with E-state index in [0.717, 1.165) is 0 Å². The van der Waals surface area contributed by atoms with Crippen molar-refractivity contribution in [3.05, 3.63) is 24.3 Å². The van der Waals surface area contributed by atoms with Crippen LogP contribution >= 0.6 is 11.6 Å². The minimum atomic E-state index is -3.81. The van der Waals surface area contributed by atoms with Crippen molar-refractivity contribution in [3.63, 3.8) is 0 Å². The second-order valence-electron chi connectivity index (χ2n) is 5.41. The highest BCUT2D eigenvalue weighted by Gasteiger charge is 2.49. The molecule has 22 heavy (non-hydrogen) atoms. The predicted octanol–water partition coefficient (Wildman–Crippen LogP) is 2.00. The fourth-order valence-corrected chi connectivity index (χ4v) is 5.19. The van der Waals surface area contributed by atoms with Gasteiger partial charge in [0.25, 0.3) is 0 Å². The molecule has 0 unspecified atom stereocenters. The molecule has 3 rings (SSSR count). The van der Waals surface area contributed by atoms with E-state index in [1.165, 1.54) is 29.2 Å². The number of alkyl halides is 3. The molecule has 5 nitrogen and oxygen atoms in total. The third kappa shape index (κ3) is 3.03. The highest BCUT2D eigenvalue weighted by Crippen LogP contribution is 2.37. The summed E-state index contributed by atoms with van der Waals surface area (Å²) in [5.74, 6) is -0.575. The van der Waals surface area contributed by atoms with Crippen LogP contribution in [0.3, 0.4) is 0 Å². The number of ether oxygens (including phenoxy) is 1. The summed E-state index contributed by atoms with van der Waals surface area (Å²) in [4.78, 5) is 13.5. The number of hydrogen-bond acceptors (Lipinski definition) is 4. The molecule has 0 aromatic heterocycles. The Bertz CT molecular complexity index is 702. The third-order valence-electron chi connectivity index (χ3n) is 3.82. The standard InChI is InChI=1S/C13H12ClF2NO4S/c14-13(15,16)21-10-3-1-9(2-4-10)17-11-7-22(19,20)6-8(11)5-12(17)18/h1-4,8,11H,5-7H2/t8-,11+/m1/s1. The van der Waals surface area contributed by atoms with E-state index >= 15 is 0 Å². The topological polar surface area (TPSA) is 63.7 Å². The van der Waals surface area contributed by atoms with Gasteiger partial charge in [-0.25, -0.2) is 8.42 Å². The summed E-state index contributed by atoms with van der Waals surface area (Å²) in [6.45, 7) is 0. The molecule has 1 aromatic carbocycles. The first kappa shape index (κ1) is 15.5. The Hall–Kier alpha value is -1.41. The Morgan fingerprint density at radius 1 is 1.23 bits per heavy atom. The molecule has 0 spiro atoms. The van der Waals surface area contributed by atoms with Gasteiger partial charge in [-0.3, -0.25) is 4.79 Å². The lowest BCUT2D eigenvalue weighted by Crippen LogP contribution is -2.36. The summed E-state index contributed by atoms with van der Waals surface area (Å²) >= 11 is 4.68. The van der Waals surface area contributed by atoms with Crippen LogP contribution in [-0.4, -0.2) is 37.4 Å². The molecule has 2 heterocycles. The summed E-state index contributed by atoms with van der Waals surface area (Å²) in [5.41, 5.74) is -3.35. The number of rotatable bonds is 3. The molecule has 0 radical (unpaired) electrons. The quantitative estimate of drug-likeness (QED) is 0.781. The molecular weight excluding hydrogens is 340 g/mol. The first-order chi connectivity index (χ1) is 10.1. The van der Waals surface area contributed by atoms with Crippen LogP contribution in [0.1, 0.15) is 6.42 Å². The zero-order chi connectivity index (χ0) is 16.1. The van der Waals surface area contributed by atoms with Crippen LogP contribution in [-0.2, 0) is 14.6 Å². The summed E-state index contributed by atoms with van der Waals surface area (Å²) in [5, 5.41) is 0. The fraction of sp³-hybridized carbons (Fsp3) is 0.462. The lowest BCUT2D eigenvalue weighted by atomic mass is 10.0. The van der Waals surface area contributed by atoms with Gasteiger partial charge < -0.3 is 9.64 Å². The van der Waals surface area contributed by atoms with Crippen molar-refractivity contribution in [1.29, 1.82) is 0 Å². The summed E-state index contributed by atoms with van der Waals surface area (Å²) in [6, 6.07) is 5.00. The van der Waals surface area contributed by atoms with Crippen molar-refractivity contribution in [3.8, 4) is 5.75 Å². The van der Waals surface area contributed by atoms with E-state index in [0.29, 0.717) is 5.69 Å². The zero-order valence-electron chi connectivity index (χ0n) is 11.2. The van der Waals surface area contributed by atoms with E-state index < -0.39 is 21.4 Å². The number of halogens is 3. The molecule has 0 aliphatic carbocycles. The molecule has 2 aliphatic heterocycles. The van der Waals surface area contributed by atoms with E-state index in [4.69, 9.17) is 0 Å². The van der Waals surface area contributed by atoms with Crippen molar-refractivity contribution >= 4 is 33.0 Å². The highest BCUT2D eigenvalue weighted by atomic mass is 35.5. The van der Waals surface area contributed by atoms with E-state index in [1.54, 1.807) is 0 Å². The number of anilines is 1. The average Bonchev–Trinajstić information content (AvgIpc) is 2.79. The largest absolute Gasteiger partial charge is 0.487 e. The van der Waals surface area contributed by atoms with Crippen molar-refractivity contribution in [2.75, 3.05) is 16.4 Å². The summed E-state index contributed by atoms with van der Waals surface area (Å²) in [7, 11) is -3.14. The summed E-state index contributed by atoms with van der Waals surface area (Å²) < 4.78 is 52.7. The van der Waals surface area contributed by atoms with E-state index in [-0.39, 0.29) is 35.5 Å². The molecular formula is C13H12ClF2NO4S. The maximum Gasteiger partial charge on any atom is 0.487 e. The Labute approximate surface area is 130 Å². The van der Waals surface area contributed by atoms with Gasteiger partial charge >= 0.3 is 5.57 Å². The number of amides is 1. The van der Waals surface area contributed by atoms with Crippen LogP contribution < -0.4 is 9.64 Å². The molecule has 2 fully saturated rings. The van der Waals surface area contributed by atoms with Crippen LogP contribution in [0.4, 0.5) is 14.5 Å². The number of carbonyl (C=O) groups excluding carboxylic acids is 1. The number of benzene rings is 1. The molecule has 0 saturated carbocycles. The second-order valence-corrected chi connectivity index (χ2v) is 8.01. The van der Waals surface area contributed by atoms with Crippen LogP contribution in [0.25, 0.3) is 0 Å². The molecule has 2 aliphatic rings. The van der Waals surface area contributed by atoms with Crippen molar-refractivity contribution in [2.24, 2.45) is 5.92 Å². The monoisotopic (exact) mass is 351 g/mol. The maximum absolute atomic E-state index is 12.5. The van der Waals surface area contributed by atoms with Gasteiger partial charge in [0.2, 0.25) is 5.91 Å². The van der Waals surface area contributed by atoms with Crippen molar-refractivity contribution < 1.29 is 26.7 Å². The number of hydrogen-bond donors (Lipinski definition) is 0. The van der Waals surface area contributed by atoms with Gasteiger partial charge in [0.15, 0.2) is 9.84 Å². The molecule has 1 amide bonds. The van der Waals surface area contributed by atoms with E-state index in [1.807, 2.05) is 0 Å². The summed E-state index contributed by atoms with van der Waals surface area (Å²) in [6.07, 6.45) is 0.182. The SMILES string of the molecule is O=C1C[C@@H]2CS(=O)(=O)C[C@@H]2N1c1ccc(OC(F)(F)Cl)cc1. The van der Waals surface area contributed by atoms with E-state index in [2.05, 4.69) is 16.3 Å². The van der Waals surface area contributed by atoms with Gasteiger partial charge in [0.05, 0.1) is 17.5 Å². The Kier molecular flexibility index (Phi) is 3.56. The molecule has 9 heteroatoms. The third-order valence-corrected chi connectivity index (χ3v) is 5.69. The van der Waals surface area contributed by atoms with Crippen LogP contribution in [0, 0.1) is 5.92 Å². The first-order valence-electron chi connectivity index (χ1n) is 6.53. The Morgan fingerprint density at radius 2 is 1.86 bits per heavy atom. The number of carbonyl (C=O) groups is 1.